The first-order valence-electron chi connectivity index (χ1n) is 9.51. The molecule has 154 valence electrons. The molecule has 1 aromatic heterocycles. The molecule has 4 rings (SSSR count). The standard InChI is InChI=1S/C21H21N5O3S/c1-29-17-10-8-16(9-11-17)23-20(28)14-4-6-15(7-5-14)22-18(27)12-30-21-24-19(25-26-21)13-2-3-13/h4-11,13H,2-3,12H2,1H3,(H,22,27)(H,23,28)(H,24,25,26). The summed E-state index contributed by atoms with van der Waals surface area (Å²) < 4.78 is 5.10. The molecule has 1 aliphatic carbocycles. The Labute approximate surface area is 177 Å². The Hall–Kier alpha value is -3.33. The molecule has 0 bridgehead atoms. The lowest BCUT2D eigenvalue weighted by Crippen LogP contribution is -2.15. The Kier molecular flexibility index (Phi) is 5.99. The van der Waals surface area contributed by atoms with Crippen LogP contribution < -0.4 is 15.4 Å². The number of thioether (sulfide) groups is 1. The summed E-state index contributed by atoms with van der Waals surface area (Å²) in [5.41, 5.74) is 1.79. The van der Waals surface area contributed by atoms with E-state index in [1.165, 1.54) is 11.8 Å². The van der Waals surface area contributed by atoms with Crippen LogP contribution in [0.2, 0.25) is 0 Å². The smallest absolute Gasteiger partial charge is 0.255 e. The molecule has 2 aromatic carbocycles. The highest BCUT2D eigenvalue weighted by Gasteiger charge is 2.27. The fourth-order valence-corrected chi connectivity index (χ4v) is 3.38. The van der Waals surface area contributed by atoms with Crippen molar-refractivity contribution in [3.63, 3.8) is 0 Å². The minimum absolute atomic E-state index is 0.159. The molecule has 0 spiro atoms. The molecule has 1 aliphatic rings. The number of H-pyrrole nitrogens is 1. The maximum absolute atomic E-state index is 12.4. The van der Waals surface area contributed by atoms with E-state index in [4.69, 9.17) is 4.74 Å². The molecule has 1 fully saturated rings. The van der Waals surface area contributed by atoms with E-state index in [1.54, 1.807) is 55.6 Å². The second-order valence-electron chi connectivity index (χ2n) is 6.87. The van der Waals surface area contributed by atoms with Gasteiger partial charge in [-0.15, -0.1) is 5.10 Å². The average Bonchev–Trinajstić information content (AvgIpc) is 3.51. The van der Waals surface area contributed by atoms with E-state index < -0.39 is 0 Å². The van der Waals surface area contributed by atoms with Gasteiger partial charge in [-0.1, -0.05) is 11.8 Å². The number of carbonyl (C=O) groups excluding carboxylic acids is 2. The predicted molar refractivity (Wildman–Crippen MR) is 115 cm³/mol. The Morgan fingerprint density at radius 1 is 1.07 bits per heavy atom. The van der Waals surface area contributed by atoms with Gasteiger partial charge < -0.3 is 15.4 Å². The molecule has 3 aromatic rings. The van der Waals surface area contributed by atoms with Crippen molar-refractivity contribution in [3.05, 3.63) is 59.9 Å². The summed E-state index contributed by atoms with van der Waals surface area (Å²) in [4.78, 5) is 28.9. The van der Waals surface area contributed by atoms with E-state index in [0.717, 1.165) is 24.4 Å². The van der Waals surface area contributed by atoms with Crippen LogP contribution in [0.1, 0.15) is 34.9 Å². The molecule has 0 atom stereocenters. The van der Waals surface area contributed by atoms with Crippen LogP contribution in [0.15, 0.2) is 53.7 Å². The van der Waals surface area contributed by atoms with Crippen molar-refractivity contribution in [2.24, 2.45) is 0 Å². The fourth-order valence-electron chi connectivity index (χ4n) is 2.77. The normalized spacial score (nSPS) is 13.0. The monoisotopic (exact) mass is 423 g/mol. The van der Waals surface area contributed by atoms with E-state index in [2.05, 4.69) is 25.8 Å². The number of aromatic amines is 1. The third-order valence-corrected chi connectivity index (χ3v) is 5.40. The molecule has 0 unspecified atom stereocenters. The van der Waals surface area contributed by atoms with Crippen molar-refractivity contribution in [1.82, 2.24) is 15.2 Å². The van der Waals surface area contributed by atoms with Crippen LogP contribution in [-0.2, 0) is 4.79 Å². The van der Waals surface area contributed by atoms with Crippen molar-refractivity contribution in [3.8, 4) is 5.75 Å². The van der Waals surface area contributed by atoms with Crippen LogP contribution in [0.25, 0.3) is 0 Å². The maximum atomic E-state index is 12.4. The molecule has 0 saturated heterocycles. The fraction of sp³-hybridized carbons (Fsp3) is 0.238. The quantitative estimate of drug-likeness (QED) is 0.477. The van der Waals surface area contributed by atoms with E-state index in [9.17, 15) is 9.59 Å². The summed E-state index contributed by atoms with van der Waals surface area (Å²) >= 11 is 1.29. The number of nitrogens with one attached hydrogen (secondary N) is 3. The molecule has 3 N–H and O–H groups in total. The number of amides is 2. The van der Waals surface area contributed by atoms with Crippen LogP contribution in [0, 0.1) is 0 Å². The Morgan fingerprint density at radius 3 is 2.40 bits per heavy atom. The summed E-state index contributed by atoms with van der Waals surface area (Å²) in [6.07, 6.45) is 2.29. The number of hydrogen-bond acceptors (Lipinski definition) is 6. The highest BCUT2D eigenvalue weighted by molar-refractivity contribution is 7.99. The molecule has 9 heteroatoms. The van der Waals surface area contributed by atoms with Gasteiger partial charge in [0.25, 0.3) is 5.91 Å². The number of anilines is 2. The number of methoxy groups -OCH3 is 1. The Balaban J connectivity index is 1.26. The molecule has 0 aliphatic heterocycles. The number of benzene rings is 2. The van der Waals surface area contributed by atoms with Crippen LogP contribution in [0.3, 0.4) is 0 Å². The highest BCUT2D eigenvalue weighted by Crippen LogP contribution is 2.38. The first-order valence-corrected chi connectivity index (χ1v) is 10.5. The van der Waals surface area contributed by atoms with Crippen molar-refractivity contribution < 1.29 is 14.3 Å². The summed E-state index contributed by atoms with van der Waals surface area (Å²) in [5.74, 6) is 1.94. The largest absolute Gasteiger partial charge is 0.497 e. The first kappa shape index (κ1) is 20.0. The number of nitrogens with zero attached hydrogens (tertiary/aromatic N) is 2. The van der Waals surface area contributed by atoms with Crippen LogP contribution in [-0.4, -0.2) is 39.9 Å². The third-order valence-electron chi connectivity index (χ3n) is 4.56. The lowest BCUT2D eigenvalue weighted by Gasteiger charge is -2.08. The van der Waals surface area contributed by atoms with Gasteiger partial charge in [-0.25, -0.2) is 4.98 Å². The second-order valence-corrected chi connectivity index (χ2v) is 7.82. The SMILES string of the molecule is COc1ccc(NC(=O)c2ccc(NC(=O)CSc3n[nH]c(C4CC4)n3)cc2)cc1. The van der Waals surface area contributed by atoms with Gasteiger partial charge >= 0.3 is 0 Å². The first-order chi connectivity index (χ1) is 14.6. The topological polar surface area (TPSA) is 109 Å². The molecule has 8 nitrogen and oxygen atoms in total. The molecule has 2 amide bonds. The zero-order valence-corrected chi connectivity index (χ0v) is 17.2. The summed E-state index contributed by atoms with van der Waals surface area (Å²) in [5, 5.41) is 13.3. The van der Waals surface area contributed by atoms with Gasteiger partial charge in [0.05, 0.1) is 12.9 Å². The van der Waals surface area contributed by atoms with Gasteiger partial charge in [-0.2, -0.15) is 0 Å². The zero-order chi connectivity index (χ0) is 20.9. The van der Waals surface area contributed by atoms with Gasteiger partial charge in [0.2, 0.25) is 11.1 Å². The molecule has 0 radical (unpaired) electrons. The molecule has 30 heavy (non-hydrogen) atoms. The van der Waals surface area contributed by atoms with Gasteiger partial charge in [0.15, 0.2) is 0 Å². The third kappa shape index (κ3) is 5.18. The predicted octanol–water partition coefficient (Wildman–Crippen LogP) is 3.67. The second kappa shape index (κ2) is 9.00. The molecular formula is C21H21N5O3S. The number of carbonyl (C=O) groups is 2. The van der Waals surface area contributed by atoms with Gasteiger partial charge in [0, 0.05) is 22.9 Å². The zero-order valence-electron chi connectivity index (χ0n) is 16.3. The van der Waals surface area contributed by atoms with Crippen molar-refractivity contribution in [2.75, 3.05) is 23.5 Å². The van der Waals surface area contributed by atoms with E-state index in [0.29, 0.717) is 28.0 Å². The number of ether oxygens (including phenoxy) is 1. The number of rotatable bonds is 8. The summed E-state index contributed by atoms with van der Waals surface area (Å²) in [6.45, 7) is 0. The summed E-state index contributed by atoms with van der Waals surface area (Å²) in [7, 11) is 1.59. The molecule has 1 heterocycles. The lowest BCUT2D eigenvalue weighted by atomic mass is 10.2. The van der Waals surface area contributed by atoms with E-state index in [-0.39, 0.29) is 17.6 Å². The minimum atomic E-state index is -0.232. The van der Waals surface area contributed by atoms with Crippen LogP contribution >= 0.6 is 11.8 Å². The van der Waals surface area contributed by atoms with Crippen LogP contribution in [0.4, 0.5) is 11.4 Å². The van der Waals surface area contributed by atoms with Crippen LogP contribution in [0.5, 0.6) is 5.75 Å². The Morgan fingerprint density at radius 2 is 1.73 bits per heavy atom. The van der Waals surface area contributed by atoms with Crippen molar-refractivity contribution in [2.45, 2.75) is 23.9 Å². The van der Waals surface area contributed by atoms with Gasteiger partial charge in [-0.05, 0) is 61.4 Å². The van der Waals surface area contributed by atoms with Crippen molar-refractivity contribution in [1.29, 1.82) is 0 Å². The minimum Gasteiger partial charge on any atom is -0.497 e. The molecular weight excluding hydrogens is 402 g/mol. The van der Waals surface area contributed by atoms with Gasteiger partial charge in [0.1, 0.15) is 11.6 Å². The molecule has 1 saturated carbocycles. The van der Waals surface area contributed by atoms with Crippen molar-refractivity contribution >= 4 is 35.0 Å². The van der Waals surface area contributed by atoms with E-state index in [1.807, 2.05) is 0 Å². The van der Waals surface area contributed by atoms with E-state index >= 15 is 0 Å². The van der Waals surface area contributed by atoms with Gasteiger partial charge in [-0.3, -0.25) is 14.7 Å². The highest BCUT2D eigenvalue weighted by atomic mass is 32.2. The lowest BCUT2D eigenvalue weighted by molar-refractivity contribution is -0.113. The summed E-state index contributed by atoms with van der Waals surface area (Å²) in [6, 6.07) is 13.8. The number of aromatic nitrogens is 3. The average molecular weight is 423 g/mol. The number of hydrogen-bond donors (Lipinski definition) is 3. The maximum Gasteiger partial charge on any atom is 0.255 e. The Bertz CT molecular complexity index is 1030.